The van der Waals surface area contributed by atoms with Crippen LogP contribution in [0.15, 0.2) is 74.1 Å². The Morgan fingerprint density at radius 3 is 1.62 bits per heavy atom. The van der Waals surface area contributed by atoms with Crippen LogP contribution in [0.25, 0.3) is 33.5 Å². The molecule has 8 aromatic rings. The number of aliphatic hydroxyl groups excluding tert-OH is 2. The molecule has 400 valence electrons. The second kappa shape index (κ2) is 21.2. The monoisotopic (exact) mass is 1090 g/mol. The zero-order chi connectivity index (χ0) is 52.7. The van der Waals surface area contributed by atoms with Gasteiger partial charge in [-0.15, -0.1) is 0 Å². The molecule has 34 heteroatoms. The smallest absolute Gasteiger partial charge is 0.469 e. The van der Waals surface area contributed by atoms with E-state index in [1.54, 1.807) is 48.8 Å². The van der Waals surface area contributed by atoms with Gasteiger partial charge in [0, 0.05) is 31.7 Å². The molecule has 0 aliphatic carbocycles. The molecule has 32 nitrogen and oxygen atoms in total. The van der Waals surface area contributed by atoms with E-state index in [0.717, 1.165) is 0 Å². The molecular weight excluding hydrogens is 1040 g/mol. The van der Waals surface area contributed by atoms with Crippen LogP contribution in [0.4, 0.5) is 17.7 Å². The molecule has 0 saturated carbocycles. The molecule has 3 saturated heterocycles. The average molecular weight is 1090 g/mol. The first-order valence-corrected chi connectivity index (χ1v) is 26.2. The Hall–Kier alpha value is -7.03. The first-order valence-electron chi connectivity index (χ1n) is 23.2. The van der Waals surface area contributed by atoms with Crippen LogP contribution < -0.4 is 26.7 Å². The largest absolute Gasteiger partial charge is 0.472 e. The standard InChI is InChI=1S/C42H47N17O15P2/c43-35-32-36(49-17-48-35)57(18-50-32)29-9-23(61)27(71-29)15-68-75(62,63)74-25-11-31(59-20-52-34-38(59)54-42(45)56-40(34)67-14-22-6-2-4-8-47-22)72-28(25)16-69-76(64,65)73-24-10-30(70-26(24)12-60)58-19-51-33-37(58)53-41(44)55-39(33)66-13-21-5-1-3-7-46-21/h1-8,17-20,23-31,60-61H,9-16H2,(H,62,63)(H,64,65)(H2,43,48,49)(H2,44,53,55)(H2,45,54,56)/t23-,24-,25-,26+,27+,28+,29+,30+,31+/m0/s1. The quantitative estimate of drug-likeness (QED) is 0.0531. The summed E-state index contributed by atoms with van der Waals surface area (Å²) >= 11 is 0. The van der Waals surface area contributed by atoms with E-state index in [1.807, 2.05) is 0 Å². The molecule has 11 rings (SSSR count). The van der Waals surface area contributed by atoms with Crippen molar-refractivity contribution in [1.29, 1.82) is 0 Å². The van der Waals surface area contributed by atoms with Gasteiger partial charge in [0.05, 0.1) is 56.3 Å². The van der Waals surface area contributed by atoms with Gasteiger partial charge < -0.3 is 60.9 Å². The molecule has 3 aliphatic rings. The summed E-state index contributed by atoms with van der Waals surface area (Å²) in [7, 11) is -10.2. The number of phosphoric ester groups is 2. The van der Waals surface area contributed by atoms with Crippen molar-refractivity contribution in [2.45, 2.75) is 87.8 Å². The summed E-state index contributed by atoms with van der Waals surface area (Å²) in [4.78, 5) is 69.1. The van der Waals surface area contributed by atoms with Crippen LogP contribution >= 0.6 is 15.6 Å². The highest BCUT2D eigenvalue weighted by Crippen LogP contribution is 2.52. The predicted octanol–water partition coefficient (Wildman–Crippen LogP) is 1.42. The lowest BCUT2D eigenvalue weighted by Crippen LogP contribution is -2.31. The van der Waals surface area contributed by atoms with Crippen molar-refractivity contribution in [2.75, 3.05) is 37.0 Å². The summed E-state index contributed by atoms with van der Waals surface area (Å²) in [6, 6.07) is 10.6. The van der Waals surface area contributed by atoms with Gasteiger partial charge in [-0.1, -0.05) is 12.1 Å². The van der Waals surface area contributed by atoms with Gasteiger partial charge in [-0.3, -0.25) is 41.8 Å². The number of ether oxygens (including phenoxy) is 5. The maximum atomic E-state index is 13.8. The minimum Gasteiger partial charge on any atom is -0.469 e. The van der Waals surface area contributed by atoms with Crippen LogP contribution in [0.1, 0.15) is 49.3 Å². The van der Waals surface area contributed by atoms with Gasteiger partial charge in [0.2, 0.25) is 23.7 Å². The first-order chi connectivity index (χ1) is 36.7. The summed E-state index contributed by atoms with van der Waals surface area (Å²) in [6.45, 7) is -1.98. The highest BCUT2D eigenvalue weighted by molar-refractivity contribution is 7.47. The van der Waals surface area contributed by atoms with Crippen molar-refractivity contribution in [3.63, 3.8) is 0 Å². The second-order valence-corrected chi connectivity index (χ2v) is 20.2. The molecule has 0 amide bonds. The van der Waals surface area contributed by atoms with Gasteiger partial charge in [0.25, 0.3) is 0 Å². The number of nitrogens with two attached hydrogens (primary N) is 3. The molecule has 3 fully saturated rings. The Labute approximate surface area is 427 Å². The fraction of sp³-hybridized carbons (Fsp3) is 0.405. The molecule has 8 aromatic heterocycles. The fourth-order valence-corrected chi connectivity index (χ4v) is 10.7. The fourth-order valence-electron chi connectivity index (χ4n) is 8.82. The molecule has 0 radical (unpaired) electrons. The van der Waals surface area contributed by atoms with Gasteiger partial charge >= 0.3 is 15.6 Å². The number of hydrogen-bond acceptors (Lipinski definition) is 27. The second-order valence-electron chi connectivity index (χ2n) is 17.4. The Kier molecular flexibility index (Phi) is 14.2. The maximum absolute atomic E-state index is 13.8. The summed E-state index contributed by atoms with van der Waals surface area (Å²) in [5.74, 6) is -0.0969. The van der Waals surface area contributed by atoms with E-state index in [2.05, 4.69) is 54.8 Å². The van der Waals surface area contributed by atoms with Crippen LogP contribution in [0.2, 0.25) is 0 Å². The van der Waals surface area contributed by atoms with E-state index >= 15 is 0 Å². The van der Waals surface area contributed by atoms with Crippen molar-refractivity contribution < 1.29 is 70.9 Å². The number of fused-ring (bicyclic) bond motifs is 3. The minimum atomic E-state index is -5.10. The van der Waals surface area contributed by atoms with Crippen molar-refractivity contribution in [2.24, 2.45) is 0 Å². The Morgan fingerprint density at radius 2 is 1.08 bits per heavy atom. The van der Waals surface area contributed by atoms with Gasteiger partial charge in [0.1, 0.15) is 74.3 Å². The molecule has 2 unspecified atom stereocenters. The van der Waals surface area contributed by atoms with Crippen LogP contribution in [0.5, 0.6) is 11.8 Å². The number of nitrogens with zero attached hydrogens (tertiary/aromatic N) is 14. The molecule has 3 aliphatic heterocycles. The molecule has 10 N–H and O–H groups in total. The van der Waals surface area contributed by atoms with Crippen molar-refractivity contribution in [3.05, 3.63) is 85.5 Å². The highest BCUT2D eigenvalue weighted by Gasteiger charge is 2.47. The molecule has 11 heterocycles. The maximum Gasteiger partial charge on any atom is 0.472 e. The van der Waals surface area contributed by atoms with Crippen molar-refractivity contribution in [1.82, 2.24) is 68.5 Å². The number of imidazole rings is 3. The van der Waals surface area contributed by atoms with E-state index in [4.69, 9.17) is 59.0 Å². The Bertz CT molecular complexity index is 3460. The number of hydrogen-bond donors (Lipinski definition) is 7. The third-order valence-corrected chi connectivity index (χ3v) is 14.4. The molecule has 0 aromatic carbocycles. The van der Waals surface area contributed by atoms with E-state index in [1.165, 1.54) is 39.0 Å². The molecular formula is C42H47N17O15P2. The molecule has 11 atom stereocenters. The summed E-state index contributed by atoms with van der Waals surface area (Å²) in [5, 5.41) is 21.3. The number of nitrogen functional groups attached to an aromatic ring is 3. The van der Waals surface area contributed by atoms with E-state index in [-0.39, 0.29) is 84.3 Å². The Balaban J connectivity index is 0.787. The zero-order valence-corrected chi connectivity index (χ0v) is 41.2. The number of rotatable bonds is 20. The number of aromatic nitrogens is 14. The van der Waals surface area contributed by atoms with Crippen LogP contribution in [0, 0.1) is 0 Å². The number of aliphatic hydroxyl groups is 2. The van der Waals surface area contributed by atoms with Gasteiger partial charge in [-0.25, -0.2) is 34.0 Å². The molecule has 0 bridgehead atoms. The Morgan fingerprint density at radius 1 is 0.592 bits per heavy atom. The van der Waals surface area contributed by atoms with Gasteiger partial charge in [0.15, 0.2) is 33.8 Å². The van der Waals surface area contributed by atoms with E-state index in [0.29, 0.717) is 22.6 Å². The number of pyridine rings is 2. The zero-order valence-electron chi connectivity index (χ0n) is 39.4. The summed E-state index contributed by atoms with van der Waals surface area (Å²) in [6.07, 6.45) is -2.06. The lowest BCUT2D eigenvalue weighted by Gasteiger charge is -2.24. The summed E-state index contributed by atoms with van der Waals surface area (Å²) in [5.41, 5.74) is 20.7. The topological polar surface area (TPSA) is 433 Å². The van der Waals surface area contributed by atoms with Crippen LogP contribution in [0.3, 0.4) is 0 Å². The van der Waals surface area contributed by atoms with Gasteiger partial charge in [-0.2, -0.15) is 19.9 Å². The molecule has 76 heavy (non-hydrogen) atoms. The average Bonchev–Trinajstić information content (AvgIpc) is 4.29. The SMILES string of the molecule is Nc1nc(OCc2ccccn2)c2ncn([C@H]3C[C@H](OP(=O)(O)OC[C@H]4O[C@@H](n5cnc6c(OCc7ccccn7)nc(N)nc65)C[C@@H]4OP(=O)(O)OC[C@H]4O[C@@H](n5cnc6c(N)ncnc65)C[C@@H]4O)[C@@H](CO)O3)c2n1. The van der Waals surface area contributed by atoms with Crippen LogP contribution in [-0.4, -0.2) is 145 Å². The minimum absolute atomic E-state index is 0.0129. The van der Waals surface area contributed by atoms with E-state index in [9.17, 15) is 29.1 Å². The first kappa shape index (κ1) is 51.1. The predicted molar refractivity (Wildman–Crippen MR) is 256 cm³/mol. The van der Waals surface area contributed by atoms with Crippen molar-refractivity contribution >= 4 is 66.9 Å². The highest BCUT2D eigenvalue weighted by atomic mass is 31.2. The summed E-state index contributed by atoms with van der Waals surface area (Å²) < 4.78 is 84.4. The molecule has 0 spiro atoms. The van der Waals surface area contributed by atoms with Gasteiger partial charge in [-0.05, 0) is 24.3 Å². The normalized spacial score (nSPS) is 25.3. The lowest BCUT2D eigenvalue weighted by molar-refractivity contribution is -0.0599. The number of phosphoric acid groups is 2. The van der Waals surface area contributed by atoms with Crippen LogP contribution in [-0.2, 0) is 54.6 Å². The van der Waals surface area contributed by atoms with Crippen molar-refractivity contribution in [3.8, 4) is 11.8 Å². The van der Waals surface area contributed by atoms with E-state index < -0.39 is 90.8 Å². The third kappa shape index (κ3) is 10.8. The third-order valence-electron chi connectivity index (χ3n) is 12.4. The lowest BCUT2D eigenvalue weighted by atomic mass is 10.2. The number of anilines is 3.